The second kappa shape index (κ2) is 11.1. The van der Waals surface area contributed by atoms with Crippen LogP contribution in [0.1, 0.15) is 25.7 Å². The van der Waals surface area contributed by atoms with Crippen molar-refractivity contribution in [1.29, 1.82) is 0 Å². The molecule has 2 fully saturated rings. The van der Waals surface area contributed by atoms with Crippen molar-refractivity contribution in [2.24, 2.45) is 0 Å². The van der Waals surface area contributed by atoms with Gasteiger partial charge < -0.3 is 9.47 Å². The van der Waals surface area contributed by atoms with Crippen LogP contribution in [0.15, 0.2) is 0 Å². The fourth-order valence-electron chi connectivity index (χ4n) is 1.02. The van der Waals surface area contributed by atoms with E-state index in [1.165, 1.54) is 25.7 Å². The fraction of sp³-hybridized carbons (Fsp3) is 1.00. The second-order valence-corrected chi connectivity index (χ2v) is 25.5. The van der Waals surface area contributed by atoms with Gasteiger partial charge in [0.2, 0.25) is 0 Å². The molecule has 0 spiro atoms. The molecule has 0 saturated carbocycles. The van der Waals surface area contributed by atoms with Crippen LogP contribution >= 0.6 is 34.1 Å². The average molecular weight is 377 g/mol. The van der Waals surface area contributed by atoms with E-state index >= 15 is 0 Å². The van der Waals surface area contributed by atoms with Crippen LogP contribution in [0.4, 0.5) is 0 Å². The molecule has 2 aliphatic rings. The summed E-state index contributed by atoms with van der Waals surface area (Å²) in [6.07, 6.45) is 5.11. The van der Waals surface area contributed by atoms with Crippen LogP contribution in [0.2, 0.25) is 0 Å². The molecule has 0 amide bonds. The third-order valence-electron chi connectivity index (χ3n) is 1.65. The van der Waals surface area contributed by atoms with E-state index in [1.54, 1.807) is 0 Å². The number of rotatable bonds is 0. The Bertz CT molecular complexity index is 104. The summed E-state index contributed by atoms with van der Waals surface area (Å²) in [6, 6.07) is 0. The maximum atomic E-state index is 5.04. The number of hydrogen-bond donors (Lipinski definition) is 0. The van der Waals surface area contributed by atoms with Gasteiger partial charge in [-0.15, -0.1) is 0 Å². The summed E-state index contributed by atoms with van der Waals surface area (Å²) in [5.74, 6) is 0. The van der Waals surface area contributed by atoms with E-state index in [2.05, 4.69) is 0 Å². The molecule has 0 N–H and O–H groups in total. The zero-order chi connectivity index (χ0) is 11.6. The Morgan fingerprint density at radius 1 is 0.600 bits per heavy atom. The van der Waals surface area contributed by atoms with Crippen LogP contribution in [-0.4, -0.2) is 26.4 Å². The molecule has 7 heteroatoms. The van der Waals surface area contributed by atoms with E-state index < -0.39 is 15.5 Å². The van der Waals surface area contributed by atoms with Gasteiger partial charge in [0.25, 0.3) is 0 Å². The molecule has 0 bridgehead atoms. The molecule has 0 aromatic rings. The van der Waals surface area contributed by atoms with Crippen molar-refractivity contribution in [1.82, 2.24) is 0 Å². The van der Waals surface area contributed by atoms with Crippen molar-refractivity contribution in [3.8, 4) is 0 Å². The van der Waals surface area contributed by atoms with E-state index in [-0.39, 0.29) is 0 Å². The first-order chi connectivity index (χ1) is 7.00. The molecule has 92 valence electrons. The summed E-state index contributed by atoms with van der Waals surface area (Å²) in [5, 5.41) is 0. The Kier molecular flexibility index (Phi) is 12.5. The van der Waals surface area contributed by atoms with Gasteiger partial charge in [0, 0.05) is 26.4 Å². The van der Waals surface area contributed by atoms with E-state index in [9.17, 15) is 0 Å². The van der Waals surface area contributed by atoms with Gasteiger partial charge in [0.1, 0.15) is 0 Å². The van der Waals surface area contributed by atoms with Crippen LogP contribution in [0.25, 0.3) is 0 Å². The zero-order valence-electron chi connectivity index (χ0n) is 8.49. The van der Waals surface area contributed by atoms with Gasteiger partial charge in [-0.25, -0.2) is 0 Å². The van der Waals surface area contributed by atoms with Crippen molar-refractivity contribution >= 4 is 34.1 Å². The summed E-state index contributed by atoms with van der Waals surface area (Å²) < 4.78 is 9.89. The van der Waals surface area contributed by atoms with Crippen LogP contribution in [0, 0.1) is 0 Å². The summed E-state index contributed by atoms with van der Waals surface area (Å²) in [4.78, 5) is 0. The number of halogens is 4. The van der Waals surface area contributed by atoms with E-state index in [1.807, 2.05) is 0 Å². The Hall–Kier alpha value is 1.96. The van der Waals surface area contributed by atoms with Gasteiger partial charge in [-0.2, -0.15) is 0 Å². The van der Waals surface area contributed by atoms with Crippen molar-refractivity contribution < 1.29 is 25.0 Å². The summed E-state index contributed by atoms with van der Waals surface area (Å²) in [5.41, 5.74) is 0. The number of hydrogen-bond acceptors (Lipinski definition) is 2. The summed E-state index contributed by atoms with van der Waals surface area (Å²) >= 11 is -3.29. The molecule has 0 atom stereocenters. The second-order valence-electron chi connectivity index (χ2n) is 3.07. The van der Waals surface area contributed by atoms with Crippen molar-refractivity contribution in [3.63, 3.8) is 0 Å². The van der Waals surface area contributed by atoms with Gasteiger partial charge in [-0.3, -0.25) is 0 Å². The Morgan fingerprint density at radius 2 is 0.800 bits per heavy atom. The Morgan fingerprint density at radius 3 is 0.867 bits per heavy atom. The predicted octanol–water partition coefficient (Wildman–Crippen LogP) is 4.35. The Labute approximate surface area is 110 Å². The maximum absolute atomic E-state index is 5.04. The predicted molar refractivity (Wildman–Crippen MR) is 63.5 cm³/mol. The zero-order valence-corrected chi connectivity index (χ0v) is 14.0. The van der Waals surface area contributed by atoms with Crippen molar-refractivity contribution in [2.45, 2.75) is 25.7 Å². The minimum absolute atomic E-state index is 1.00. The fourth-order valence-corrected chi connectivity index (χ4v) is 1.02. The van der Waals surface area contributed by atoms with Gasteiger partial charge in [-0.05, 0) is 25.7 Å². The molecule has 0 aromatic heterocycles. The standard InChI is InChI=1S/2C4H8O.4ClH.Zr/c2*1-2-4-5-3-1;;;;;/h2*1-4H2;4*1H;/q;;;;;;+4/p-4. The van der Waals surface area contributed by atoms with Crippen LogP contribution < -0.4 is 0 Å². The van der Waals surface area contributed by atoms with Crippen molar-refractivity contribution in [2.75, 3.05) is 26.4 Å². The first-order valence-electron chi connectivity index (χ1n) is 4.91. The minimum atomic E-state index is -3.29. The van der Waals surface area contributed by atoms with E-state index in [0.29, 0.717) is 0 Å². The molecule has 0 aromatic carbocycles. The number of ether oxygens (including phenoxy) is 2. The molecule has 2 nitrogen and oxygen atoms in total. The third-order valence-corrected chi connectivity index (χ3v) is 1.65. The molecule has 15 heavy (non-hydrogen) atoms. The summed E-state index contributed by atoms with van der Waals surface area (Å²) in [7, 11) is 20.1. The quantitative estimate of drug-likeness (QED) is 0.625. The average Bonchev–Trinajstić information content (AvgIpc) is 2.81. The van der Waals surface area contributed by atoms with E-state index in [0.717, 1.165) is 26.4 Å². The first kappa shape index (κ1) is 17.0. The Balaban J connectivity index is 0.000000196. The van der Waals surface area contributed by atoms with Crippen LogP contribution in [0.5, 0.6) is 0 Å². The third kappa shape index (κ3) is 21.7. The monoisotopic (exact) mass is 374 g/mol. The van der Waals surface area contributed by atoms with Crippen LogP contribution in [0.3, 0.4) is 0 Å². The van der Waals surface area contributed by atoms with Gasteiger partial charge in [0.15, 0.2) is 0 Å². The van der Waals surface area contributed by atoms with Crippen LogP contribution in [-0.2, 0) is 25.0 Å². The molecular weight excluding hydrogens is 361 g/mol. The molecule has 2 aliphatic heterocycles. The normalized spacial score (nSPS) is 20.0. The van der Waals surface area contributed by atoms with E-state index in [4.69, 9.17) is 43.5 Å². The van der Waals surface area contributed by atoms with Gasteiger partial charge in [-0.1, -0.05) is 0 Å². The molecule has 2 heterocycles. The molecule has 0 radical (unpaired) electrons. The molecular formula is C8H16Cl4O2Zr. The molecule has 0 aliphatic carbocycles. The SMILES string of the molecule is C1CCOC1.C1CCOC1.[Cl][Zr]([Cl])([Cl])[Cl]. The first-order valence-corrected chi connectivity index (χ1v) is 17.6. The van der Waals surface area contributed by atoms with Crippen molar-refractivity contribution in [3.05, 3.63) is 0 Å². The topological polar surface area (TPSA) is 18.5 Å². The molecule has 2 rings (SSSR count). The molecule has 0 unspecified atom stereocenters. The van der Waals surface area contributed by atoms with Gasteiger partial charge in [0.05, 0.1) is 0 Å². The molecule has 2 saturated heterocycles. The summed E-state index contributed by atoms with van der Waals surface area (Å²) in [6.45, 7) is 4.00. The van der Waals surface area contributed by atoms with Gasteiger partial charge >= 0.3 is 49.5 Å².